The molecule has 2 heterocycles. The van der Waals surface area contributed by atoms with Crippen molar-refractivity contribution in [3.8, 4) is 0 Å². The topological polar surface area (TPSA) is 85.5 Å². The maximum atomic E-state index is 10.4. The molecule has 0 atom stereocenters. The quantitative estimate of drug-likeness (QED) is 0.849. The predicted molar refractivity (Wildman–Crippen MR) is 57.7 cm³/mol. The minimum absolute atomic E-state index is 0.0153. The lowest BCUT2D eigenvalue weighted by Gasteiger charge is -2.29. The van der Waals surface area contributed by atoms with Gasteiger partial charge in [-0.25, -0.2) is 0 Å². The number of aryl methyl sites for hydroxylation is 1. The second-order valence-corrected chi connectivity index (χ2v) is 4.57. The molecule has 1 N–H and O–H groups in total. The highest BCUT2D eigenvalue weighted by molar-refractivity contribution is 5.66. The van der Waals surface area contributed by atoms with Gasteiger partial charge in [-0.1, -0.05) is 6.92 Å². The summed E-state index contributed by atoms with van der Waals surface area (Å²) in [6.07, 6.45) is 2.01. The molecule has 17 heavy (non-hydrogen) atoms. The van der Waals surface area contributed by atoms with Gasteiger partial charge in [-0.15, -0.1) is 10.2 Å². The van der Waals surface area contributed by atoms with E-state index < -0.39 is 5.97 Å². The van der Waals surface area contributed by atoms with Crippen molar-refractivity contribution in [2.45, 2.75) is 38.0 Å². The molecule has 1 saturated heterocycles. The summed E-state index contributed by atoms with van der Waals surface area (Å²) in [5.41, 5.74) is -0.132. The highest BCUT2D eigenvalue weighted by Gasteiger charge is 2.34. The van der Waals surface area contributed by atoms with E-state index in [-0.39, 0.29) is 18.3 Å². The van der Waals surface area contributed by atoms with Crippen LogP contribution in [-0.2, 0) is 21.4 Å². The molecule has 0 aliphatic carbocycles. The average molecular weight is 240 g/mol. The Hall–Kier alpha value is -1.43. The Morgan fingerprint density at radius 1 is 1.41 bits per heavy atom. The van der Waals surface area contributed by atoms with Crippen molar-refractivity contribution in [1.82, 2.24) is 10.2 Å². The van der Waals surface area contributed by atoms with Gasteiger partial charge in [0.25, 0.3) is 0 Å². The van der Waals surface area contributed by atoms with Gasteiger partial charge >= 0.3 is 5.97 Å². The molecule has 0 radical (unpaired) electrons. The minimum atomic E-state index is -0.859. The fourth-order valence-corrected chi connectivity index (χ4v) is 1.85. The zero-order valence-corrected chi connectivity index (χ0v) is 9.81. The number of nitrogens with zero attached hydrogens (tertiary/aromatic N) is 2. The van der Waals surface area contributed by atoms with Crippen LogP contribution in [0.15, 0.2) is 4.42 Å². The molecule has 0 saturated carbocycles. The van der Waals surface area contributed by atoms with E-state index in [0.29, 0.717) is 25.0 Å². The Bertz CT molecular complexity index is 396. The van der Waals surface area contributed by atoms with Gasteiger partial charge in [-0.2, -0.15) is 0 Å². The summed E-state index contributed by atoms with van der Waals surface area (Å²) in [5, 5.41) is 16.5. The van der Waals surface area contributed by atoms with E-state index in [1.807, 2.05) is 0 Å². The molecular weight excluding hydrogens is 224 g/mol. The van der Waals surface area contributed by atoms with Crippen LogP contribution in [0.4, 0.5) is 0 Å². The van der Waals surface area contributed by atoms with Crippen molar-refractivity contribution in [3.05, 3.63) is 11.8 Å². The number of carboxylic acid groups (broad SMARTS) is 1. The van der Waals surface area contributed by atoms with Crippen LogP contribution in [0.5, 0.6) is 0 Å². The molecule has 1 fully saturated rings. The number of aromatic nitrogens is 2. The summed E-state index contributed by atoms with van der Waals surface area (Å²) >= 11 is 0. The highest BCUT2D eigenvalue weighted by atomic mass is 16.5. The summed E-state index contributed by atoms with van der Waals surface area (Å²) in [5.74, 6) is 0.137. The Labute approximate surface area is 99.0 Å². The van der Waals surface area contributed by atoms with E-state index >= 15 is 0 Å². The normalized spacial score (nSPS) is 19.1. The Kier molecular flexibility index (Phi) is 3.42. The smallest absolute Gasteiger partial charge is 0.303 e. The molecule has 1 aromatic rings. The number of rotatable bonds is 4. The predicted octanol–water partition coefficient (Wildman–Crippen LogP) is 1.15. The van der Waals surface area contributed by atoms with Crippen molar-refractivity contribution in [1.29, 1.82) is 0 Å². The molecule has 0 amide bonds. The van der Waals surface area contributed by atoms with Gasteiger partial charge in [0.15, 0.2) is 0 Å². The number of aliphatic carboxylic acids is 1. The van der Waals surface area contributed by atoms with Crippen molar-refractivity contribution in [2.75, 3.05) is 13.2 Å². The molecule has 0 bridgehead atoms. The first-order valence-corrected chi connectivity index (χ1v) is 5.72. The Morgan fingerprint density at radius 2 is 2.12 bits per heavy atom. The van der Waals surface area contributed by atoms with Crippen molar-refractivity contribution in [2.24, 2.45) is 0 Å². The van der Waals surface area contributed by atoms with E-state index in [2.05, 4.69) is 17.1 Å². The summed E-state index contributed by atoms with van der Waals surface area (Å²) < 4.78 is 10.8. The lowest BCUT2D eigenvalue weighted by molar-refractivity contribution is -0.137. The van der Waals surface area contributed by atoms with Gasteiger partial charge in [0.05, 0.1) is 11.8 Å². The molecule has 94 valence electrons. The Morgan fingerprint density at radius 3 is 2.76 bits per heavy atom. The number of hydrogen-bond acceptors (Lipinski definition) is 5. The monoisotopic (exact) mass is 240 g/mol. The maximum Gasteiger partial charge on any atom is 0.303 e. The van der Waals surface area contributed by atoms with Gasteiger partial charge in [-0.3, -0.25) is 4.79 Å². The van der Waals surface area contributed by atoms with Crippen LogP contribution in [0.3, 0.4) is 0 Å². The number of carboxylic acids is 1. The van der Waals surface area contributed by atoms with E-state index in [1.54, 1.807) is 0 Å². The highest BCUT2D eigenvalue weighted by Crippen LogP contribution is 2.33. The number of ether oxygens (including phenoxy) is 1. The zero-order chi connectivity index (χ0) is 12.3. The maximum absolute atomic E-state index is 10.4. The summed E-state index contributed by atoms with van der Waals surface area (Å²) in [4.78, 5) is 10.4. The van der Waals surface area contributed by atoms with Crippen molar-refractivity contribution < 1.29 is 19.1 Å². The molecule has 0 aromatic carbocycles. The summed E-state index contributed by atoms with van der Waals surface area (Å²) in [7, 11) is 0. The second-order valence-electron chi connectivity index (χ2n) is 4.57. The SMILES string of the molecule is CC1(c2nnc(CCC(=O)O)o2)CCOCC1. The molecule has 6 nitrogen and oxygen atoms in total. The molecule has 0 spiro atoms. The third kappa shape index (κ3) is 2.82. The molecule has 1 aliphatic heterocycles. The van der Waals surface area contributed by atoms with Crippen LogP contribution in [0, 0.1) is 0 Å². The summed E-state index contributed by atoms with van der Waals surface area (Å²) in [6, 6.07) is 0. The lowest BCUT2D eigenvalue weighted by Crippen LogP contribution is -2.30. The van der Waals surface area contributed by atoms with E-state index in [4.69, 9.17) is 14.3 Å². The molecule has 1 aromatic heterocycles. The Balaban J connectivity index is 2.03. The van der Waals surface area contributed by atoms with E-state index in [1.165, 1.54) is 0 Å². The fourth-order valence-electron chi connectivity index (χ4n) is 1.85. The van der Waals surface area contributed by atoms with Gasteiger partial charge in [0.1, 0.15) is 0 Å². The standard InChI is InChI=1S/C11H16N2O4/c1-11(4-6-16-7-5-11)10-13-12-8(17-10)2-3-9(14)15/h2-7H2,1H3,(H,14,15). The first kappa shape index (κ1) is 12.0. The number of carbonyl (C=O) groups is 1. The zero-order valence-electron chi connectivity index (χ0n) is 9.81. The summed E-state index contributed by atoms with van der Waals surface area (Å²) in [6.45, 7) is 3.47. The van der Waals surface area contributed by atoms with Crippen LogP contribution in [0.1, 0.15) is 38.0 Å². The molecular formula is C11H16N2O4. The van der Waals surface area contributed by atoms with Crippen molar-refractivity contribution >= 4 is 5.97 Å². The first-order chi connectivity index (χ1) is 8.10. The molecule has 0 unspecified atom stereocenters. The first-order valence-electron chi connectivity index (χ1n) is 5.72. The molecule has 1 aliphatic rings. The van der Waals surface area contributed by atoms with Gasteiger partial charge < -0.3 is 14.3 Å². The second kappa shape index (κ2) is 4.83. The largest absolute Gasteiger partial charge is 0.481 e. The van der Waals surface area contributed by atoms with E-state index in [0.717, 1.165) is 12.8 Å². The number of hydrogen-bond donors (Lipinski definition) is 1. The third-order valence-electron chi connectivity index (χ3n) is 3.13. The third-order valence-corrected chi connectivity index (χ3v) is 3.13. The van der Waals surface area contributed by atoms with E-state index in [9.17, 15) is 4.79 Å². The average Bonchev–Trinajstić information content (AvgIpc) is 2.76. The lowest BCUT2D eigenvalue weighted by atomic mass is 9.82. The van der Waals surface area contributed by atoms with Crippen LogP contribution < -0.4 is 0 Å². The van der Waals surface area contributed by atoms with Crippen LogP contribution in [0.2, 0.25) is 0 Å². The van der Waals surface area contributed by atoms with Crippen LogP contribution >= 0.6 is 0 Å². The molecule has 6 heteroatoms. The van der Waals surface area contributed by atoms with Crippen LogP contribution in [0.25, 0.3) is 0 Å². The minimum Gasteiger partial charge on any atom is -0.481 e. The van der Waals surface area contributed by atoms with Crippen LogP contribution in [-0.4, -0.2) is 34.5 Å². The fraction of sp³-hybridized carbons (Fsp3) is 0.727. The molecule has 2 rings (SSSR count). The van der Waals surface area contributed by atoms with Gasteiger partial charge in [-0.05, 0) is 12.8 Å². The van der Waals surface area contributed by atoms with Gasteiger partial charge in [0.2, 0.25) is 11.8 Å². The van der Waals surface area contributed by atoms with Gasteiger partial charge in [0, 0.05) is 19.6 Å². The van der Waals surface area contributed by atoms with Crippen molar-refractivity contribution in [3.63, 3.8) is 0 Å².